The van der Waals surface area contributed by atoms with Crippen molar-refractivity contribution < 1.29 is 23.7 Å². The van der Waals surface area contributed by atoms with Gasteiger partial charge < -0.3 is 29.5 Å². The molecule has 0 radical (unpaired) electrons. The zero-order chi connectivity index (χ0) is 35.8. The molecule has 254 valence electrons. The number of nitriles is 1. The third kappa shape index (κ3) is 8.76. The molecule has 50 heavy (non-hydrogen) atoms. The second-order valence-electron chi connectivity index (χ2n) is 11.2. The van der Waals surface area contributed by atoms with Crippen LogP contribution in [0.15, 0.2) is 99.1 Å². The Kier molecular flexibility index (Phi) is 11.3. The van der Waals surface area contributed by atoms with Gasteiger partial charge in [0, 0.05) is 27.8 Å². The van der Waals surface area contributed by atoms with E-state index in [0.717, 1.165) is 5.56 Å². The summed E-state index contributed by atoms with van der Waals surface area (Å²) in [5.41, 5.74) is 9.46. The van der Waals surface area contributed by atoms with Gasteiger partial charge in [0.15, 0.2) is 5.84 Å². The Morgan fingerprint density at radius 2 is 1.24 bits per heavy atom. The van der Waals surface area contributed by atoms with Crippen LogP contribution in [-0.4, -0.2) is 43.5 Å². The van der Waals surface area contributed by atoms with Gasteiger partial charge in [-0.15, -0.1) is 0 Å². The number of amidine groups is 1. The number of nitrogens with zero attached hydrogens (tertiary/aromatic N) is 6. The molecule has 0 unspecified atom stereocenters. The molecule has 12 nitrogen and oxygen atoms in total. The highest BCUT2D eigenvalue weighted by Gasteiger charge is 2.15. The van der Waals surface area contributed by atoms with Crippen LogP contribution in [0, 0.1) is 11.3 Å². The Morgan fingerprint density at radius 3 is 1.70 bits per heavy atom. The van der Waals surface area contributed by atoms with Gasteiger partial charge >= 0.3 is 0 Å². The summed E-state index contributed by atoms with van der Waals surface area (Å²) in [6.07, 6.45) is 0.0647. The first-order valence-corrected chi connectivity index (χ1v) is 16.0. The van der Waals surface area contributed by atoms with Crippen LogP contribution < -0.4 is 15.2 Å². The topological polar surface area (TPSA) is 179 Å². The quantitative estimate of drug-likeness (QED) is 0.0634. The third-order valence-corrected chi connectivity index (χ3v) is 7.30. The maximum Gasteiger partial charge on any atom is 0.258 e. The van der Waals surface area contributed by atoms with Crippen LogP contribution in [0.3, 0.4) is 0 Å². The molecule has 0 bridgehead atoms. The lowest BCUT2D eigenvalue weighted by Crippen LogP contribution is -2.12. The first-order chi connectivity index (χ1) is 24.0. The highest BCUT2D eigenvalue weighted by molar-refractivity contribution is 6.32. The highest BCUT2D eigenvalue weighted by atomic mass is 35.5. The minimum atomic E-state index is -0.000822. The number of hydrogen-bond donors (Lipinski definition) is 2. The van der Waals surface area contributed by atoms with E-state index in [-0.39, 0.29) is 18.0 Å². The van der Waals surface area contributed by atoms with E-state index in [4.69, 9.17) is 57.9 Å². The van der Waals surface area contributed by atoms with E-state index >= 15 is 0 Å². The van der Waals surface area contributed by atoms with E-state index < -0.39 is 0 Å². The average molecular weight is 713 g/mol. The molecule has 0 fully saturated rings. The Bertz CT molecular complexity index is 2170. The lowest BCUT2D eigenvalue weighted by molar-refractivity contribution is 0.242. The van der Waals surface area contributed by atoms with Crippen molar-refractivity contribution in [2.45, 2.75) is 39.9 Å². The van der Waals surface area contributed by atoms with E-state index in [9.17, 15) is 0 Å². The summed E-state index contributed by atoms with van der Waals surface area (Å²) in [4.78, 5) is 8.76. The van der Waals surface area contributed by atoms with Crippen LogP contribution in [0.25, 0.3) is 45.7 Å². The Labute approximate surface area is 297 Å². The molecule has 0 spiro atoms. The Balaban J connectivity index is 0.000000195. The van der Waals surface area contributed by atoms with Crippen molar-refractivity contribution >= 4 is 29.0 Å². The number of oxime groups is 1. The fraction of sp³-hybridized carbons (Fsp3) is 0.167. The summed E-state index contributed by atoms with van der Waals surface area (Å²) in [5.74, 6) is 2.69. The zero-order valence-corrected chi connectivity index (χ0v) is 28.8. The number of ether oxygens (including phenoxy) is 2. The van der Waals surface area contributed by atoms with Crippen LogP contribution in [0.1, 0.15) is 38.8 Å². The van der Waals surface area contributed by atoms with Gasteiger partial charge in [0.05, 0.1) is 33.9 Å². The first kappa shape index (κ1) is 35.4. The van der Waals surface area contributed by atoms with Crippen LogP contribution >= 0.6 is 23.2 Å². The second kappa shape index (κ2) is 16.0. The van der Waals surface area contributed by atoms with Gasteiger partial charge in [-0.3, -0.25) is 0 Å². The Hall–Kier alpha value is -5.90. The largest absolute Gasteiger partial charge is 0.489 e. The molecule has 0 aliphatic carbocycles. The van der Waals surface area contributed by atoms with E-state index in [1.165, 1.54) is 0 Å². The average Bonchev–Trinajstić information content (AvgIpc) is 3.81. The molecule has 2 aromatic heterocycles. The van der Waals surface area contributed by atoms with Crippen molar-refractivity contribution in [1.29, 1.82) is 5.26 Å². The van der Waals surface area contributed by atoms with Crippen molar-refractivity contribution in [3.8, 4) is 63.3 Å². The Morgan fingerprint density at radius 1 is 0.740 bits per heavy atom. The zero-order valence-electron chi connectivity index (χ0n) is 27.3. The second-order valence-corrected chi connectivity index (χ2v) is 12.0. The highest BCUT2D eigenvalue weighted by Crippen LogP contribution is 2.32. The predicted octanol–water partition coefficient (Wildman–Crippen LogP) is 8.65. The molecule has 0 saturated heterocycles. The fourth-order valence-electron chi connectivity index (χ4n) is 4.49. The van der Waals surface area contributed by atoms with Gasteiger partial charge in [0.2, 0.25) is 11.6 Å². The maximum atomic E-state index is 8.97. The molecule has 4 aromatic carbocycles. The van der Waals surface area contributed by atoms with E-state index in [1.54, 1.807) is 66.7 Å². The lowest BCUT2D eigenvalue weighted by atomic mass is 10.1. The normalized spacial score (nSPS) is 11.2. The van der Waals surface area contributed by atoms with Gasteiger partial charge in [-0.05, 0) is 94.4 Å². The molecule has 0 atom stereocenters. The van der Waals surface area contributed by atoms with Gasteiger partial charge in [-0.25, -0.2) is 0 Å². The number of benzene rings is 4. The van der Waals surface area contributed by atoms with Crippen molar-refractivity contribution in [1.82, 2.24) is 20.3 Å². The number of aromatic nitrogens is 4. The number of rotatable bonds is 9. The molecule has 2 heterocycles. The molecule has 0 saturated carbocycles. The van der Waals surface area contributed by atoms with E-state index in [1.807, 2.05) is 45.9 Å². The summed E-state index contributed by atoms with van der Waals surface area (Å²) in [7, 11) is 0. The van der Waals surface area contributed by atoms with Gasteiger partial charge in [0.25, 0.3) is 11.8 Å². The molecule has 3 N–H and O–H groups in total. The van der Waals surface area contributed by atoms with Crippen LogP contribution in [0.2, 0.25) is 10.0 Å². The molecule has 0 amide bonds. The van der Waals surface area contributed by atoms with E-state index in [2.05, 4.69) is 31.5 Å². The van der Waals surface area contributed by atoms with Crippen LogP contribution in [0.5, 0.6) is 11.5 Å². The summed E-state index contributed by atoms with van der Waals surface area (Å²) < 4.78 is 21.8. The molecule has 6 rings (SSSR count). The van der Waals surface area contributed by atoms with Crippen molar-refractivity contribution in [2.24, 2.45) is 10.9 Å². The van der Waals surface area contributed by atoms with Crippen LogP contribution in [0.4, 0.5) is 0 Å². The van der Waals surface area contributed by atoms with Crippen molar-refractivity contribution in [3.63, 3.8) is 0 Å². The molecule has 6 aromatic rings. The third-order valence-electron chi connectivity index (χ3n) is 6.71. The smallest absolute Gasteiger partial charge is 0.258 e. The molecule has 14 heteroatoms. The predicted molar refractivity (Wildman–Crippen MR) is 189 cm³/mol. The van der Waals surface area contributed by atoms with Crippen molar-refractivity contribution in [3.05, 3.63) is 106 Å². The summed E-state index contributed by atoms with van der Waals surface area (Å²) in [5, 5.41) is 29.7. The number of hydrogen-bond acceptors (Lipinski definition) is 11. The standard InChI is InChI=1S/C18H17ClN4O3.C18H14ClN3O2/c1-10(2)25-15-7-6-12(9-14(15)19)17-21-18(26-23-17)13-5-3-4-11(8-13)16(20)22-24;1-11(2)23-16-7-6-13(9-15(16)19)17-21-18(24-22-17)14-5-3-4-12(8-14)10-20/h3-10,24H,1-2H3,(H2,20,22);3-9,11H,1-2H3. The van der Waals surface area contributed by atoms with Gasteiger partial charge in [-0.1, -0.05) is 56.9 Å². The maximum absolute atomic E-state index is 8.97. The number of nitrogens with two attached hydrogens (primary N) is 1. The number of halogens is 2. The monoisotopic (exact) mass is 711 g/mol. The molecule has 0 aliphatic rings. The van der Waals surface area contributed by atoms with Crippen molar-refractivity contribution in [2.75, 3.05) is 0 Å². The summed E-state index contributed by atoms with van der Waals surface area (Å²) >= 11 is 12.5. The first-order valence-electron chi connectivity index (χ1n) is 15.2. The molecular formula is C36H31Cl2N7O5. The summed E-state index contributed by atoms with van der Waals surface area (Å²) in [6.45, 7) is 7.73. The SMILES string of the molecule is CC(C)Oc1ccc(-c2noc(-c3cccc(C#N)c3)n2)cc1Cl.CC(C)Oc1ccc(-c2noc(-c3cccc(C(N)=NO)c3)n2)cc1Cl. The summed E-state index contributed by atoms with van der Waals surface area (Å²) in [6, 6.07) is 26.7. The van der Waals surface area contributed by atoms with Gasteiger partial charge in [0.1, 0.15) is 11.5 Å². The van der Waals surface area contributed by atoms with Gasteiger partial charge in [-0.2, -0.15) is 15.2 Å². The van der Waals surface area contributed by atoms with E-state index in [0.29, 0.717) is 72.8 Å². The molecule has 0 aliphatic heterocycles. The minimum absolute atomic E-state index is 0.000822. The minimum Gasteiger partial charge on any atom is -0.489 e. The molecular weight excluding hydrogens is 681 g/mol. The fourth-order valence-corrected chi connectivity index (χ4v) is 4.94. The lowest BCUT2D eigenvalue weighted by Gasteiger charge is -2.11. The van der Waals surface area contributed by atoms with Crippen LogP contribution in [-0.2, 0) is 0 Å².